The zero-order valence-electron chi connectivity index (χ0n) is 18.2. The van der Waals surface area contributed by atoms with E-state index in [9.17, 15) is 4.79 Å². The fraction of sp³-hybridized carbons (Fsp3) is 0.222. The predicted molar refractivity (Wildman–Crippen MR) is 126 cm³/mol. The second-order valence-corrected chi connectivity index (χ2v) is 7.42. The van der Waals surface area contributed by atoms with Crippen molar-refractivity contribution in [2.75, 3.05) is 12.4 Å². The molecule has 0 saturated carbocycles. The van der Waals surface area contributed by atoms with Crippen LogP contribution in [0.5, 0.6) is 5.75 Å². The summed E-state index contributed by atoms with van der Waals surface area (Å²) in [6, 6.07) is 25.4. The molecule has 0 amide bonds. The number of para-hydroxylation sites is 1. The van der Waals surface area contributed by atoms with Gasteiger partial charge in [0.15, 0.2) is 6.10 Å². The number of aliphatic carboxylic acids is 1. The first-order valence-corrected chi connectivity index (χ1v) is 10.5. The zero-order chi connectivity index (χ0) is 22.8. The Balaban J connectivity index is 1.52. The van der Waals surface area contributed by atoms with Crippen molar-refractivity contribution in [3.63, 3.8) is 0 Å². The van der Waals surface area contributed by atoms with Crippen LogP contribution in [0.2, 0.25) is 0 Å². The average molecular weight is 430 g/mol. The van der Waals surface area contributed by atoms with Crippen molar-refractivity contribution in [2.45, 2.75) is 32.0 Å². The van der Waals surface area contributed by atoms with Gasteiger partial charge in [-0.15, -0.1) is 0 Å². The lowest BCUT2D eigenvalue weighted by Gasteiger charge is -2.14. The number of ether oxygens (including phenoxy) is 2. The van der Waals surface area contributed by atoms with Crippen LogP contribution in [0.3, 0.4) is 0 Å². The molecular weight excluding hydrogens is 402 g/mol. The van der Waals surface area contributed by atoms with Gasteiger partial charge in [0.25, 0.3) is 0 Å². The monoisotopic (exact) mass is 429 g/mol. The summed E-state index contributed by atoms with van der Waals surface area (Å²) in [7, 11) is 1.40. The van der Waals surface area contributed by atoms with Gasteiger partial charge in [-0.3, -0.25) is 0 Å². The molecular formula is C27H27NO4. The predicted octanol–water partition coefficient (Wildman–Crippen LogP) is 5.28. The van der Waals surface area contributed by atoms with E-state index in [2.05, 4.69) is 17.2 Å². The first-order valence-electron chi connectivity index (χ1n) is 10.5. The zero-order valence-corrected chi connectivity index (χ0v) is 18.2. The molecule has 0 spiro atoms. The highest BCUT2D eigenvalue weighted by Crippen LogP contribution is 2.22. The number of methoxy groups -OCH3 is 1. The van der Waals surface area contributed by atoms with Crippen LogP contribution in [0.25, 0.3) is 0 Å². The lowest BCUT2D eigenvalue weighted by molar-refractivity contribution is -0.148. The van der Waals surface area contributed by atoms with Gasteiger partial charge in [0.2, 0.25) is 0 Å². The fourth-order valence-corrected chi connectivity index (χ4v) is 3.12. The van der Waals surface area contributed by atoms with Gasteiger partial charge >= 0.3 is 5.97 Å². The summed E-state index contributed by atoms with van der Waals surface area (Å²) in [5.41, 5.74) is 3.76. The lowest BCUT2D eigenvalue weighted by Crippen LogP contribution is -2.24. The number of anilines is 2. The Labute approximate surface area is 189 Å². The molecule has 5 heteroatoms. The maximum absolute atomic E-state index is 11.1. The van der Waals surface area contributed by atoms with Gasteiger partial charge in [0, 0.05) is 43.0 Å². The molecule has 0 bridgehead atoms. The Hall–Kier alpha value is -3.75. The van der Waals surface area contributed by atoms with E-state index in [4.69, 9.17) is 14.6 Å². The van der Waals surface area contributed by atoms with Crippen LogP contribution in [0.1, 0.15) is 24.5 Å². The Morgan fingerprint density at radius 2 is 1.72 bits per heavy atom. The molecule has 5 nitrogen and oxygen atoms in total. The van der Waals surface area contributed by atoms with Gasteiger partial charge in [0.1, 0.15) is 11.9 Å². The van der Waals surface area contributed by atoms with Crippen LogP contribution in [-0.4, -0.2) is 30.4 Å². The number of carbonyl (C=O) groups is 1. The third-order valence-corrected chi connectivity index (χ3v) is 4.79. The van der Waals surface area contributed by atoms with E-state index in [1.807, 2.05) is 85.8 Å². The Bertz CT molecular complexity index is 1070. The summed E-state index contributed by atoms with van der Waals surface area (Å²) in [4.78, 5) is 11.1. The minimum atomic E-state index is -0.966. The smallest absolute Gasteiger partial charge is 0.333 e. The van der Waals surface area contributed by atoms with Gasteiger partial charge < -0.3 is 19.9 Å². The van der Waals surface area contributed by atoms with E-state index in [0.29, 0.717) is 12.8 Å². The molecule has 1 unspecified atom stereocenters. The van der Waals surface area contributed by atoms with Gasteiger partial charge in [0.05, 0.1) is 0 Å². The molecule has 0 saturated heterocycles. The summed E-state index contributed by atoms with van der Waals surface area (Å²) < 4.78 is 11.0. The molecule has 0 aliphatic heterocycles. The van der Waals surface area contributed by atoms with E-state index in [-0.39, 0.29) is 6.10 Å². The molecule has 32 heavy (non-hydrogen) atoms. The van der Waals surface area contributed by atoms with Crippen molar-refractivity contribution in [3.8, 4) is 17.6 Å². The molecule has 3 rings (SSSR count). The molecule has 164 valence electrons. The fourth-order valence-electron chi connectivity index (χ4n) is 3.12. The molecule has 0 aliphatic rings. The topological polar surface area (TPSA) is 67.8 Å². The number of benzene rings is 3. The van der Waals surface area contributed by atoms with Gasteiger partial charge in [-0.1, -0.05) is 48.2 Å². The molecule has 0 aliphatic carbocycles. The third-order valence-electron chi connectivity index (χ3n) is 4.79. The van der Waals surface area contributed by atoms with Crippen molar-refractivity contribution < 1.29 is 19.4 Å². The van der Waals surface area contributed by atoms with Crippen LogP contribution in [0.15, 0.2) is 78.9 Å². The molecule has 0 aromatic heterocycles. The normalized spacial score (nSPS) is 12.2. The van der Waals surface area contributed by atoms with Crippen molar-refractivity contribution in [1.82, 2.24) is 0 Å². The summed E-state index contributed by atoms with van der Waals surface area (Å²) in [5.74, 6) is 6.11. The number of carboxylic acid groups (broad SMARTS) is 1. The number of nitrogens with one attached hydrogen (secondary N) is 1. The molecule has 0 radical (unpaired) electrons. The molecule has 2 N–H and O–H groups in total. The lowest BCUT2D eigenvalue weighted by atomic mass is 10.1. The highest BCUT2D eigenvalue weighted by Gasteiger charge is 2.16. The number of rotatable bonds is 9. The van der Waals surface area contributed by atoms with E-state index >= 15 is 0 Å². The highest BCUT2D eigenvalue weighted by molar-refractivity contribution is 5.72. The molecule has 0 fully saturated rings. The number of hydrogen-bond donors (Lipinski definition) is 2. The average Bonchev–Trinajstić information content (AvgIpc) is 2.79. The van der Waals surface area contributed by atoms with Crippen molar-refractivity contribution >= 4 is 17.3 Å². The quantitative estimate of drug-likeness (QED) is 0.453. The standard InChI is InChI=1S/C27H27NO4/c1-20(32-25-13-7-12-24(19-25)28-23-10-4-3-5-11-23)8-6-9-21-14-16-22(17-15-21)18-26(31-2)27(29)30/h3-5,7,10-17,19-20,26,28H,8,18H2,1-2H3,(H,29,30)/t20?,26-/m0/s1. The summed E-state index contributed by atoms with van der Waals surface area (Å²) in [5, 5.41) is 12.4. The SMILES string of the molecule is CO[C@@H](Cc1ccc(C#CCC(C)Oc2cccc(Nc3ccccc3)c2)cc1)C(=O)O. The van der Waals surface area contributed by atoms with Crippen LogP contribution in [0, 0.1) is 11.8 Å². The van der Waals surface area contributed by atoms with Gasteiger partial charge in [-0.2, -0.15) is 0 Å². The van der Waals surface area contributed by atoms with E-state index < -0.39 is 12.1 Å². The Morgan fingerprint density at radius 1 is 1.00 bits per heavy atom. The first kappa shape index (κ1) is 22.9. The van der Waals surface area contributed by atoms with Crippen molar-refractivity contribution in [1.29, 1.82) is 0 Å². The number of hydrogen-bond acceptors (Lipinski definition) is 4. The largest absolute Gasteiger partial charge is 0.490 e. The molecule has 3 aromatic carbocycles. The second-order valence-electron chi connectivity index (χ2n) is 7.42. The maximum atomic E-state index is 11.1. The van der Waals surface area contributed by atoms with E-state index in [1.54, 1.807) is 0 Å². The van der Waals surface area contributed by atoms with Crippen LogP contribution < -0.4 is 10.1 Å². The first-order chi connectivity index (χ1) is 15.5. The van der Waals surface area contributed by atoms with Gasteiger partial charge in [-0.25, -0.2) is 4.79 Å². The van der Waals surface area contributed by atoms with E-state index in [0.717, 1.165) is 28.3 Å². The van der Waals surface area contributed by atoms with Crippen LogP contribution >= 0.6 is 0 Å². The van der Waals surface area contributed by atoms with Crippen molar-refractivity contribution in [3.05, 3.63) is 90.0 Å². The highest BCUT2D eigenvalue weighted by atomic mass is 16.5. The van der Waals surface area contributed by atoms with E-state index in [1.165, 1.54) is 7.11 Å². The van der Waals surface area contributed by atoms with Crippen LogP contribution in [0.4, 0.5) is 11.4 Å². The molecule has 0 heterocycles. The summed E-state index contributed by atoms with van der Waals surface area (Å²) in [6.07, 6.45) is 0.00367. The van der Waals surface area contributed by atoms with Crippen LogP contribution in [-0.2, 0) is 16.0 Å². The maximum Gasteiger partial charge on any atom is 0.333 e. The van der Waals surface area contributed by atoms with Gasteiger partial charge in [-0.05, 0) is 48.9 Å². The minimum absolute atomic E-state index is 0.0632. The Morgan fingerprint density at radius 3 is 2.41 bits per heavy atom. The molecule has 2 atom stereocenters. The Kier molecular flexibility index (Phi) is 8.30. The minimum Gasteiger partial charge on any atom is -0.490 e. The second kappa shape index (κ2) is 11.6. The molecule has 3 aromatic rings. The van der Waals surface area contributed by atoms with Crippen molar-refractivity contribution in [2.24, 2.45) is 0 Å². The third kappa shape index (κ3) is 7.19. The number of carboxylic acids is 1. The summed E-state index contributed by atoms with van der Waals surface area (Å²) in [6.45, 7) is 1.99. The summed E-state index contributed by atoms with van der Waals surface area (Å²) >= 11 is 0.